The standard InChI is InChI=1S/C12H17NO2/c1-4-12(15)13(5-2)11-8-10(14)7-6-9(11)3/h6-8,14H,4-5H2,1-3H3. The van der Waals surface area contributed by atoms with Crippen LogP contribution in [0.15, 0.2) is 18.2 Å². The summed E-state index contributed by atoms with van der Waals surface area (Å²) in [5.74, 6) is 0.268. The summed E-state index contributed by atoms with van der Waals surface area (Å²) >= 11 is 0. The van der Waals surface area contributed by atoms with Crippen molar-refractivity contribution >= 4 is 11.6 Å². The van der Waals surface area contributed by atoms with E-state index in [4.69, 9.17) is 0 Å². The van der Waals surface area contributed by atoms with Crippen molar-refractivity contribution in [3.8, 4) is 5.75 Å². The Labute approximate surface area is 90.3 Å². The lowest BCUT2D eigenvalue weighted by Gasteiger charge is -2.22. The quantitative estimate of drug-likeness (QED) is 0.827. The molecule has 0 aliphatic heterocycles. The summed E-state index contributed by atoms with van der Waals surface area (Å²) < 4.78 is 0. The van der Waals surface area contributed by atoms with Gasteiger partial charge in [-0.25, -0.2) is 0 Å². The summed E-state index contributed by atoms with van der Waals surface area (Å²) in [5.41, 5.74) is 1.79. The van der Waals surface area contributed by atoms with Crippen LogP contribution in [0.4, 0.5) is 5.69 Å². The minimum Gasteiger partial charge on any atom is -0.508 e. The van der Waals surface area contributed by atoms with Crippen LogP contribution < -0.4 is 4.90 Å². The first-order chi connectivity index (χ1) is 7.10. The lowest BCUT2D eigenvalue weighted by molar-refractivity contribution is -0.118. The van der Waals surface area contributed by atoms with Crippen molar-refractivity contribution in [2.75, 3.05) is 11.4 Å². The lowest BCUT2D eigenvalue weighted by Crippen LogP contribution is -2.30. The molecule has 1 amide bonds. The van der Waals surface area contributed by atoms with Crippen LogP contribution in [-0.4, -0.2) is 17.6 Å². The molecule has 1 aromatic carbocycles. The number of benzene rings is 1. The molecule has 0 bridgehead atoms. The van der Waals surface area contributed by atoms with Crippen molar-refractivity contribution in [2.45, 2.75) is 27.2 Å². The number of hydrogen-bond donors (Lipinski definition) is 1. The van der Waals surface area contributed by atoms with Gasteiger partial charge in [0, 0.05) is 19.0 Å². The van der Waals surface area contributed by atoms with Crippen molar-refractivity contribution in [3.63, 3.8) is 0 Å². The average Bonchev–Trinajstić information content (AvgIpc) is 2.23. The summed E-state index contributed by atoms with van der Waals surface area (Å²) in [7, 11) is 0. The predicted molar refractivity (Wildman–Crippen MR) is 61.2 cm³/mol. The fraction of sp³-hybridized carbons (Fsp3) is 0.417. The molecule has 3 nitrogen and oxygen atoms in total. The molecule has 1 rings (SSSR count). The van der Waals surface area contributed by atoms with Crippen LogP contribution in [0.2, 0.25) is 0 Å². The number of aryl methyl sites for hydroxylation is 1. The fourth-order valence-electron chi connectivity index (χ4n) is 1.56. The van der Waals surface area contributed by atoms with Crippen molar-refractivity contribution in [2.24, 2.45) is 0 Å². The minimum atomic E-state index is 0.0752. The van der Waals surface area contributed by atoms with E-state index in [1.54, 1.807) is 17.0 Å². The summed E-state index contributed by atoms with van der Waals surface area (Å²) in [6.45, 7) is 6.32. The number of phenols is 1. The molecule has 0 unspecified atom stereocenters. The number of carbonyl (C=O) groups is 1. The molecular formula is C12H17NO2. The molecule has 3 heteroatoms. The number of hydrogen-bond acceptors (Lipinski definition) is 2. The van der Waals surface area contributed by atoms with Gasteiger partial charge in [-0.1, -0.05) is 13.0 Å². The Balaban J connectivity index is 3.11. The van der Waals surface area contributed by atoms with Crippen LogP contribution in [0.3, 0.4) is 0 Å². The van der Waals surface area contributed by atoms with E-state index in [2.05, 4.69) is 0 Å². The molecule has 0 heterocycles. The Kier molecular flexibility index (Phi) is 3.72. The molecule has 0 aliphatic carbocycles. The molecule has 0 fully saturated rings. The van der Waals surface area contributed by atoms with Crippen LogP contribution in [0.5, 0.6) is 5.75 Å². The second-order valence-electron chi connectivity index (χ2n) is 3.46. The summed E-state index contributed by atoms with van der Waals surface area (Å²) in [6, 6.07) is 5.08. The van der Waals surface area contributed by atoms with Crippen LogP contribution in [0, 0.1) is 6.92 Å². The number of nitrogens with zero attached hydrogens (tertiary/aromatic N) is 1. The van der Waals surface area contributed by atoms with E-state index in [1.807, 2.05) is 26.8 Å². The third-order valence-corrected chi connectivity index (χ3v) is 2.40. The monoisotopic (exact) mass is 207 g/mol. The molecule has 0 radical (unpaired) electrons. The number of aromatic hydroxyl groups is 1. The van der Waals surface area contributed by atoms with Gasteiger partial charge in [0.1, 0.15) is 5.75 Å². The number of amides is 1. The first-order valence-electron chi connectivity index (χ1n) is 5.20. The second kappa shape index (κ2) is 4.82. The van der Waals surface area contributed by atoms with E-state index >= 15 is 0 Å². The molecule has 15 heavy (non-hydrogen) atoms. The molecule has 0 aliphatic rings. The van der Waals surface area contributed by atoms with Gasteiger partial charge in [-0.15, -0.1) is 0 Å². The third-order valence-electron chi connectivity index (χ3n) is 2.40. The fourth-order valence-corrected chi connectivity index (χ4v) is 1.56. The van der Waals surface area contributed by atoms with Crippen LogP contribution >= 0.6 is 0 Å². The normalized spacial score (nSPS) is 10.1. The topological polar surface area (TPSA) is 40.5 Å². The van der Waals surface area contributed by atoms with Gasteiger partial charge in [-0.05, 0) is 25.5 Å². The van der Waals surface area contributed by atoms with Gasteiger partial charge >= 0.3 is 0 Å². The molecule has 0 aromatic heterocycles. The summed E-state index contributed by atoms with van der Waals surface area (Å²) in [6.07, 6.45) is 0.475. The van der Waals surface area contributed by atoms with E-state index in [0.717, 1.165) is 11.3 Å². The minimum absolute atomic E-state index is 0.0752. The molecule has 0 spiro atoms. The largest absolute Gasteiger partial charge is 0.508 e. The SMILES string of the molecule is CCC(=O)N(CC)c1cc(O)ccc1C. The first-order valence-corrected chi connectivity index (χ1v) is 5.20. The Bertz CT molecular complexity index is 361. The van der Waals surface area contributed by atoms with Crippen LogP contribution in [0.1, 0.15) is 25.8 Å². The molecule has 0 atom stereocenters. The Morgan fingerprint density at radius 2 is 2.07 bits per heavy atom. The van der Waals surface area contributed by atoms with Crippen LogP contribution in [-0.2, 0) is 4.79 Å². The van der Waals surface area contributed by atoms with Crippen molar-refractivity contribution in [3.05, 3.63) is 23.8 Å². The molecule has 1 N–H and O–H groups in total. The van der Waals surface area contributed by atoms with E-state index in [1.165, 1.54) is 0 Å². The van der Waals surface area contributed by atoms with E-state index in [-0.39, 0.29) is 11.7 Å². The van der Waals surface area contributed by atoms with Crippen molar-refractivity contribution in [1.82, 2.24) is 0 Å². The highest BCUT2D eigenvalue weighted by Crippen LogP contribution is 2.25. The number of phenolic OH excluding ortho intramolecular Hbond substituents is 1. The van der Waals surface area contributed by atoms with Gasteiger partial charge in [-0.2, -0.15) is 0 Å². The molecule has 1 aromatic rings. The van der Waals surface area contributed by atoms with Gasteiger partial charge in [0.25, 0.3) is 0 Å². The van der Waals surface area contributed by atoms with Crippen molar-refractivity contribution < 1.29 is 9.90 Å². The van der Waals surface area contributed by atoms with Crippen LogP contribution in [0.25, 0.3) is 0 Å². The second-order valence-corrected chi connectivity index (χ2v) is 3.46. The number of rotatable bonds is 3. The molecular weight excluding hydrogens is 190 g/mol. The van der Waals surface area contributed by atoms with Crippen molar-refractivity contribution in [1.29, 1.82) is 0 Å². The molecule has 0 saturated carbocycles. The smallest absolute Gasteiger partial charge is 0.226 e. The van der Waals surface area contributed by atoms with Gasteiger partial charge in [-0.3, -0.25) is 4.79 Å². The van der Waals surface area contributed by atoms with Gasteiger partial charge in [0.2, 0.25) is 5.91 Å². The highest BCUT2D eigenvalue weighted by atomic mass is 16.3. The van der Waals surface area contributed by atoms with Gasteiger partial charge in [0.15, 0.2) is 0 Å². The lowest BCUT2D eigenvalue weighted by atomic mass is 10.1. The molecule has 82 valence electrons. The zero-order valence-corrected chi connectivity index (χ0v) is 9.45. The predicted octanol–water partition coefficient (Wildman–Crippen LogP) is 2.46. The van der Waals surface area contributed by atoms with Gasteiger partial charge in [0.05, 0.1) is 5.69 Å². The first kappa shape index (κ1) is 11.6. The Morgan fingerprint density at radius 1 is 1.40 bits per heavy atom. The zero-order chi connectivity index (χ0) is 11.4. The van der Waals surface area contributed by atoms with E-state index in [0.29, 0.717) is 13.0 Å². The van der Waals surface area contributed by atoms with Gasteiger partial charge < -0.3 is 10.0 Å². The highest BCUT2D eigenvalue weighted by molar-refractivity contribution is 5.94. The summed E-state index contributed by atoms with van der Waals surface area (Å²) in [5, 5.41) is 9.40. The maximum absolute atomic E-state index is 11.7. The Morgan fingerprint density at radius 3 is 2.60 bits per heavy atom. The average molecular weight is 207 g/mol. The number of anilines is 1. The number of carbonyl (C=O) groups excluding carboxylic acids is 1. The molecule has 0 saturated heterocycles. The highest BCUT2D eigenvalue weighted by Gasteiger charge is 2.14. The summed E-state index contributed by atoms with van der Waals surface area (Å²) in [4.78, 5) is 13.3. The zero-order valence-electron chi connectivity index (χ0n) is 9.45. The maximum atomic E-state index is 11.7. The van der Waals surface area contributed by atoms with E-state index < -0.39 is 0 Å². The third kappa shape index (κ3) is 2.49. The maximum Gasteiger partial charge on any atom is 0.226 e. The van der Waals surface area contributed by atoms with E-state index in [9.17, 15) is 9.90 Å². The Hall–Kier alpha value is -1.51.